The van der Waals surface area contributed by atoms with E-state index in [0.29, 0.717) is 5.69 Å². The summed E-state index contributed by atoms with van der Waals surface area (Å²) in [6.45, 7) is 0.418. The molecule has 0 unspecified atom stereocenters. The molecular weight excluding hydrogens is 331 g/mol. The van der Waals surface area contributed by atoms with E-state index in [4.69, 9.17) is 4.74 Å². The van der Waals surface area contributed by atoms with Gasteiger partial charge in [0.2, 0.25) is 0 Å². The molecule has 0 saturated carbocycles. The van der Waals surface area contributed by atoms with E-state index < -0.39 is 6.03 Å². The molecule has 0 aliphatic rings. The smallest absolute Gasteiger partial charge is 0.319 e. The van der Waals surface area contributed by atoms with Gasteiger partial charge in [0.25, 0.3) is 0 Å². The summed E-state index contributed by atoms with van der Waals surface area (Å²) in [5.41, 5.74) is 0.510. The van der Waals surface area contributed by atoms with Crippen LogP contribution in [0.1, 0.15) is 0 Å². The molecule has 0 aliphatic heterocycles. The van der Waals surface area contributed by atoms with Gasteiger partial charge < -0.3 is 15.4 Å². The summed E-state index contributed by atoms with van der Waals surface area (Å²) >= 11 is 0. The summed E-state index contributed by atoms with van der Waals surface area (Å²) < 4.78 is 18.5. The highest BCUT2D eigenvalue weighted by Crippen LogP contribution is 2.24. The molecule has 2 N–H and O–H groups in total. The van der Waals surface area contributed by atoms with E-state index in [1.165, 1.54) is 24.3 Å². The highest BCUT2D eigenvalue weighted by molar-refractivity contribution is 5.89. The molecule has 4 nitrogen and oxygen atoms in total. The maximum absolute atomic E-state index is 12.8. The molecule has 3 rings (SSSR count). The van der Waals surface area contributed by atoms with Crippen molar-refractivity contribution in [3.63, 3.8) is 0 Å². The molecule has 5 heteroatoms. The molecule has 0 radical (unpaired) electrons. The van der Waals surface area contributed by atoms with Gasteiger partial charge in [-0.15, -0.1) is 0 Å². The first-order valence-corrected chi connectivity index (χ1v) is 8.09. The fraction of sp³-hybridized carbons (Fsp3) is 0.0952. The molecule has 130 valence electrons. The fourth-order valence-electron chi connectivity index (χ4n) is 2.38. The minimum atomic E-state index is -0.402. The number of hydrogen-bond acceptors (Lipinski definition) is 2. The fourth-order valence-corrected chi connectivity index (χ4v) is 2.38. The molecular formula is C21H17FN2O2. The zero-order valence-corrected chi connectivity index (χ0v) is 14.0. The number of halogens is 1. The van der Waals surface area contributed by atoms with Crippen molar-refractivity contribution in [3.8, 4) is 17.6 Å². The van der Waals surface area contributed by atoms with Crippen molar-refractivity contribution < 1.29 is 13.9 Å². The minimum Gasteiger partial charge on any atom is -0.480 e. The minimum absolute atomic E-state index is 0.186. The van der Waals surface area contributed by atoms with Crippen molar-refractivity contribution in [2.45, 2.75) is 0 Å². The maximum atomic E-state index is 12.8. The summed E-state index contributed by atoms with van der Waals surface area (Å²) in [6.07, 6.45) is 0. The van der Waals surface area contributed by atoms with Gasteiger partial charge in [0.05, 0.1) is 6.54 Å². The standard InChI is InChI=1S/C21H17FN2O2/c22-17-10-12-18(13-11-17)24-21(25)23-14-3-4-15-26-20-9-5-7-16-6-1-2-8-19(16)20/h1-2,5-13H,14-15H2,(H2,23,24,25). The second kappa shape index (κ2) is 8.54. The van der Waals surface area contributed by atoms with Gasteiger partial charge >= 0.3 is 6.03 Å². The molecule has 26 heavy (non-hydrogen) atoms. The predicted molar refractivity (Wildman–Crippen MR) is 101 cm³/mol. The van der Waals surface area contributed by atoms with Crippen LogP contribution in [0, 0.1) is 17.7 Å². The van der Waals surface area contributed by atoms with Crippen molar-refractivity contribution in [1.82, 2.24) is 5.32 Å². The molecule has 0 aromatic heterocycles. The van der Waals surface area contributed by atoms with Crippen molar-refractivity contribution in [1.29, 1.82) is 0 Å². The van der Waals surface area contributed by atoms with Gasteiger partial charge in [-0.1, -0.05) is 48.2 Å². The van der Waals surface area contributed by atoms with E-state index in [1.54, 1.807) is 0 Å². The lowest BCUT2D eigenvalue weighted by atomic mass is 10.1. The average Bonchev–Trinajstić information content (AvgIpc) is 2.66. The van der Waals surface area contributed by atoms with Crippen LogP contribution in [0.5, 0.6) is 5.75 Å². The molecule has 2 amide bonds. The quantitative estimate of drug-likeness (QED) is 0.695. The lowest BCUT2D eigenvalue weighted by Gasteiger charge is -2.06. The largest absolute Gasteiger partial charge is 0.480 e. The first-order chi connectivity index (χ1) is 12.7. The molecule has 0 fully saturated rings. The first kappa shape index (κ1) is 17.3. The van der Waals surface area contributed by atoms with E-state index in [2.05, 4.69) is 22.5 Å². The maximum Gasteiger partial charge on any atom is 0.319 e. The van der Waals surface area contributed by atoms with Gasteiger partial charge in [-0.25, -0.2) is 9.18 Å². The molecule has 0 bridgehead atoms. The lowest BCUT2D eigenvalue weighted by molar-refractivity contribution is 0.253. The number of rotatable bonds is 4. The second-order valence-electron chi connectivity index (χ2n) is 5.43. The summed E-state index contributed by atoms with van der Waals surface area (Å²) in [5, 5.41) is 7.34. The highest BCUT2D eigenvalue weighted by atomic mass is 19.1. The van der Waals surface area contributed by atoms with E-state index in [0.717, 1.165) is 16.5 Å². The Hall–Kier alpha value is -3.52. The Morgan fingerprint density at radius 3 is 2.58 bits per heavy atom. The molecule has 3 aromatic rings. The third-order valence-corrected chi connectivity index (χ3v) is 3.61. The van der Waals surface area contributed by atoms with E-state index in [1.807, 2.05) is 42.5 Å². The van der Waals surface area contributed by atoms with Crippen LogP contribution in [0.25, 0.3) is 10.8 Å². The number of hydrogen-bond donors (Lipinski definition) is 2. The zero-order valence-electron chi connectivity index (χ0n) is 14.0. The van der Waals surface area contributed by atoms with Crippen LogP contribution in [0.2, 0.25) is 0 Å². The number of urea groups is 1. The number of carbonyl (C=O) groups is 1. The number of benzene rings is 3. The van der Waals surface area contributed by atoms with Crippen LogP contribution in [0.4, 0.5) is 14.9 Å². The van der Waals surface area contributed by atoms with E-state index in [9.17, 15) is 9.18 Å². The number of ether oxygens (including phenoxy) is 1. The van der Waals surface area contributed by atoms with E-state index in [-0.39, 0.29) is 19.0 Å². The van der Waals surface area contributed by atoms with Gasteiger partial charge in [0.1, 0.15) is 18.2 Å². The second-order valence-corrected chi connectivity index (χ2v) is 5.43. The number of amides is 2. The molecule has 0 aliphatic carbocycles. The number of anilines is 1. The normalized spacial score (nSPS) is 9.88. The Morgan fingerprint density at radius 2 is 1.73 bits per heavy atom. The third kappa shape index (κ3) is 4.74. The van der Waals surface area contributed by atoms with Crippen LogP contribution < -0.4 is 15.4 Å². The number of nitrogens with one attached hydrogen (secondary N) is 2. The predicted octanol–water partition coefficient (Wildman–Crippen LogP) is 4.18. The average molecular weight is 348 g/mol. The van der Waals surface area contributed by atoms with Crippen molar-refractivity contribution in [2.24, 2.45) is 0 Å². The van der Waals surface area contributed by atoms with Crippen LogP contribution in [-0.2, 0) is 0 Å². The Balaban J connectivity index is 1.44. The van der Waals surface area contributed by atoms with Gasteiger partial charge in [0, 0.05) is 11.1 Å². The Morgan fingerprint density at radius 1 is 0.962 bits per heavy atom. The van der Waals surface area contributed by atoms with Crippen LogP contribution >= 0.6 is 0 Å². The van der Waals surface area contributed by atoms with Gasteiger partial charge in [-0.2, -0.15) is 0 Å². The Kier molecular flexibility index (Phi) is 5.69. The summed E-state index contributed by atoms with van der Waals surface area (Å²) in [7, 11) is 0. The molecule has 3 aromatic carbocycles. The Bertz CT molecular complexity index is 954. The van der Waals surface area contributed by atoms with Crippen LogP contribution in [0.3, 0.4) is 0 Å². The SMILES string of the molecule is O=C(NCC#CCOc1cccc2ccccc12)Nc1ccc(F)cc1. The summed E-state index contributed by atoms with van der Waals surface area (Å²) in [4.78, 5) is 11.7. The van der Waals surface area contributed by atoms with E-state index >= 15 is 0 Å². The number of fused-ring (bicyclic) bond motifs is 1. The number of carbonyl (C=O) groups excluding carboxylic acids is 1. The Labute approximate surface area is 151 Å². The highest BCUT2D eigenvalue weighted by Gasteiger charge is 2.00. The topological polar surface area (TPSA) is 50.4 Å². The van der Waals surface area contributed by atoms with Gasteiger partial charge in [0.15, 0.2) is 0 Å². The molecule has 0 heterocycles. The monoisotopic (exact) mass is 348 g/mol. The van der Waals surface area contributed by atoms with Crippen molar-refractivity contribution >= 4 is 22.5 Å². The van der Waals surface area contributed by atoms with Gasteiger partial charge in [-0.05, 0) is 35.7 Å². The van der Waals surface area contributed by atoms with Crippen LogP contribution in [-0.4, -0.2) is 19.2 Å². The molecule has 0 spiro atoms. The van der Waals surface area contributed by atoms with Crippen molar-refractivity contribution in [2.75, 3.05) is 18.5 Å². The molecule has 0 atom stereocenters. The first-order valence-electron chi connectivity index (χ1n) is 8.09. The third-order valence-electron chi connectivity index (χ3n) is 3.61. The summed E-state index contributed by atoms with van der Waals surface area (Å²) in [5.74, 6) is 6.11. The summed E-state index contributed by atoms with van der Waals surface area (Å²) in [6, 6.07) is 19.0. The van der Waals surface area contributed by atoms with Crippen molar-refractivity contribution in [3.05, 3.63) is 72.5 Å². The molecule has 0 saturated heterocycles. The zero-order chi connectivity index (χ0) is 18.2. The lowest BCUT2D eigenvalue weighted by Crippen LogP contribution is -2.28. The van der Waals surface area contributed by atoms with Gasteiger partial charge in [-0.3, -0.25) is 0 Å². The van der Waals surface area contributed by atoms with Crippen LogP contribution in [0.15, 0.2) is 66.7 Å².